The standard InChI is InChI=1S/C35H46O13/c1-8-15(2)29(42)47-30-31(5)20-12-21(38)33(7)25(34(20,14-44-30)27(41)24(45-16(3)36)28(31)46-17(4)37)23(39)26(40)32(6)19(18-9-10-43-13-18)11-22-35(32,33)48-22/h9-10,13,15,19-22,24-28,30,38,40-41H,8,11-12,14H2,1-7H3/t15?,19-,20-,21+,22+,24+,25-,26-,27-,28+,30?,31+,32+,33+,34-,35+/m0/s1. The van der Waals surface area contributed by atoms with E-state index in [0.29, 0.717) is 12.8 Å². The van der Waals surface area contributed by atoms with Crippen molar-refractivity contribution in [1.29, 1.82) is 0 Å². The second-order valence-electron chi connectivity index (χ2n) is 15.7. The lowest BCUT2D eigenvalue weighted by atomic mass is 9.33. The zero-order valence-corrected chi connectivity index (χ0v) is 28.3. The van der Waals surface area contributed by atoms with Gasteiger partial charge in [0.15, 0.2) is 18.0 Å². The minimum absolute atomic E-state index is 0.0283. The Hall–Kier alpha value is -2.84. The SMILES string of the molecule is CCC(C)C(=O)OC1OC[C@@]23[C@H]4C(=O)[C@H](O)[C@@]5(C)[C@H](c6ccoc6)C[C@H]6O[C@]65[C@]4(C)[C@H](O)C[C@H]2[C@]1(C)[C@H](OC(C)=O)[C@H](OC(C)=O)[C@@H]3O. The van der Waals surface area contributed by atoms with Crippen LogP contribution >= 0.6 is 0 Å². The maximum atomic E-state index is 15.0. The van der Waals surface area contributed by atoms with E-state index in [0.717, 1.165) is 12.5 Å². The van der Waals surface area contributed by atoms with Crippen LogP contribution in [0.4, 0.5) is 0 Å². The van der Waals surface area contributed by atoms with Crippen LogP contribution in [0.15, 0.2) is 23.0 Å². The lowest BCUT2D eigenvalue weighted by Gasteiger charge is -2.73. The number of carbonyl (C=O) groups excluding carboxylic acids is 4. The third kappa shape index (κ3) is 3.74. The first-order valence-electron chi connectivity index (χ1n) is 16.9. The highest BCUT2D eigenvalue weighted by atomic mass is 16.7. The number of hydrogen-bond acceptors (Lipinski definition) is 13. The minimum Gasteiger partial charge on any atom is -0.472 e. The number of ketones is 1. The molecule has 1 aromatic heterocycles. The summed E-state index contributed by atoms with van der Waals surface area (Å²) in [5, 5.41) is 37.2. The number of rotatable bonds is 6. The van der Waals surface area contributed by atoms with Crippen LogP contribution in [0.25, 0.3) is 0 Å². The van der Waals surface area contributed by atoms with Crippen molar-refractivity contribution >= 4 is 23.7 Å². The predicted molar refractivity (Wildman–Crippen MR) is 161 cm³/mol. The Balaban J connectivity index is 1.42. The molecule has 2 unspecified atom stereocenters. The summed E-state index contributed by atoms with van der Waals surface area (Å²) in [6.45, 7) is 10.8. The zero-order valence-electron chi connectivity index (χ0n) is 28.3. The smallest absolute Gasteiger partial charge is 0.310 e. The van der Waals surface area contributed by atoms with Gasteiger partial charge < -0.3 is 43.4 Å². The van der Waals surface area contributed by atoms with Crippen molar-refractivity contribution in [3.63, 3.8) is 0 Å². The molecule has 48 heavy (non-hydrogen) atoms. The van der Waals surface area contributed by atoms with Crippen LogP contribution in [0.5, 0.6) is 0 Å². The van der Waals surface area contributed by atoms with E-state index in [9.17, 15) is 29.7 Å². The fourth-order valence-electron chi connectivity index (χ4n) is 11.6. The topological polar surface area (TPSA) is 192 Å². The number of fused-ring (bicyclic) bond motifs is 1. The van der Waals surface area contributed by atoms with E-state index in [-0.39, 0.29) is 18.9 Å². The van der Waals surface area contributed by atoms with E-state index in [1.165, 1.54) is 13.2 Å². The summed E-state index contributed by atoms with van der Waals surface area (Å²) >= 11 is 0. The number of esters is 3. The molecule has 4 aliphatic carbocycles. The summed E-state index contributed by atoms with van der Waals surface area (Å²) in [5.41, 5.74) is -6.04. The molecule has 6 aliphatic rings. The summed E-state index contributed by atoms with van der Waals surface area (Å²) < 4.78 is 35.9. The van der Waals surface area contributed by atoms with Gasteiger partial charge in [-0.3, -0.25) is 19.2 Å². The molecule has 1 spiro atoms. The minimum atomic E-state index is -1.66. The number of carbonyl (C=O) groups is 4. The van der Waals surface area contributed by atoms with Gasteiger partial charge in [-0.15, -0.1) is 0 Å². The van der Waals surface area contributed by atoms with Crippen LogP contribution < -0.4 is 0 Å². The highest BCUT2D eigenvalue weighted by Crippen LogP contribution is 2.82. The average molecular weight is 675 g/mol. The summed E-state index contributed by atoms with van der Waals surface area (Å²) in [6, 6.07) is 1.80. The van der Waals surface area contributed by atoms with Gasteiger partial charge in [-0.05, 0) is 43.7 Å². The summed E-state index contributed by atoms with van der Waals surface area (Å²) in [7, 11) is 0. The number of aliphatic hydroxyl groups excluding tert-OH is 3. The van der Waals surface area contributed by atoms with Crippen LogP contribution in [0.3, 0.4) is 0 Å². The molecule has 264 valence electrons. The van der Waals surface area contributed by atoms with Crippen molar-refractivity contribution in [3.05, 3.63) is 24.2 Å². The van der Waals surface area contributed by atoms with Crippen LogP contribution in [-0.2, 0) is 42.9 Å². The van der Waals surface area contributed by atoms with Gasteiger partial charge in [0.25, 0.3) is 0 Å². The number of ether oxygens (including phenoxy) is 5. The molecule has 0 radical (unpaired) electrons. The normalized spacial score (nSPS) is 50.6. The van der Waals surface area contributed by atoms with Gasteiger partial charge in [-0.2, -0.15) is 0 Å². The summed E-state index contributed by atoms with van der Waals surface area (Å²) in [4.78, 5) is 53.5. The van der Waals surface area contributed by atoms with Crippen molar-refractivity contribution in [1.82, 2.24) is 0 Å². The Kier molecular flexibility index (Phi) is 7.42. The van der Waals surface area contributed by atoms with Gasteiger partial charge in [0.2, 0.25) is 6.29 Å². The predicted octanol–water partition coefficient (Wildman–Crippen LogP) is 2.03. The molecular formula is C35H46O13. The quantitative estimate of drug-likeness (QED) is 0.226. The molecule has 13 nitrogen and oxygen atoms in total. The number of Topliss-reactive ketones (excluding diaryl/α,β-unsaturated/α-hetero) is 1. The van der Waals surface area contributed by atoms with Crippen molar-refractivity contribution in [2.75, 3.05) is 6.61 Å². The lowest BCUT2D eigenvalue weighted by molar-refractivity contribution is -0.391. The second kappa shape index (κ2) is 10.6. The third-order valence-electron chi connectivity index (χ3n) is 13.9. The van der Waals surface area contributed by atoms with E-state index in [4.69, 9.17) is 28.1 Å². The van der Waals surface area contributed by atoms with Crippen LogP contribution in [0.1, 0.15) is 79.2 Å². The highest BCUT2D eigenvalue weighted by Gasteiger charge is 2.92. The molecule has 2 aliphatic heterocycles. The molecule has 3 heterocycles. The Bertz CT molecular complexity index is 1530. The maximum Gasteiger partial charge on any atom is 0.310 e. The molecule has 1 aromatic rings. The molecule has 2 bridgehead atoms. The largest absolute Gasteiger partial charge is 0.472 e. The van der Waals surface area contributed by atoms with Crippen molar-refractivity contribution in [2.24, 2.45) is 39.4 Å². The van der Waals surface area contributed by atoms with Gasteiger partial charge in [0.1, 0.15) is 17.8 Å². The Morgan fingerprint density at radius 1 is 1.02 bits per heavy atom. The van der Waals surface area contributed by atoms with Gasteiger partial charge >= 0.3 is 17.9 Å². The Morgan fingerprint density at radius 3 is 2.31 bits per heavy atom. The molecule has 2 saturated heterocycles. The van der Waals surface area contributed by atoms with Gasteiger partial charge in [-0.25, -0.2) is 0 Å². The Morgan fingerprint density at radius 2 is 1.71 bits per heavy atom. The van der Waals surface area contributed by atoms with E-state index >= 15 is 4.79 Å². The molecule has 6 fully saturated rings. The van der Waals surface area contributed by atoms with E-state index < -0.39 is 112 Å². The number of epoxide rings is 1. The van der Waals surface area contributed by atoms with E-state index in [2.05, 4.69) is 0 Å². The maximum absolute atomic E-state index is 15.0. The second-order valence-corrected chi connectivity index (χ2v) is 15.7. The van der Waals surface area contributed by atoms with Crippen molar-refractivity contribution in [3.8, 4) is 0 Å². The van der Waals surface area contributed by atoms with E-state index in [1.54, 1.807) is 33.1 Å². The highest BCUT2D eigenvalue weighted by molar-refractivity contribution is 5.91. The first-order valence-corrected chi connectivity index (χ1v) is 16.9. The molecule has 4 saturated carbocycles. The van der Waals surface area contributed by atoms with Gasteiger partial charge in [0, 0.05) is 41.9 Å². The molecule has 3 N–H and O–H groups in total. The van der Waals surface area contributed by atoms with Crippen LogP contribution in [-0.4, -0.2) is 94.1 Å². The first-order chi connectivity index (χ1) is 22.5. The molecule has 13 heteroatoms. The summed E-state index contributed by atoms with van der Waals surface area (Å²) in [5.74, 6) is -5.68. The van der Waals surface area contributed by atoms with Crippen LogP contribution in [0.2, 0.25) is 0 Å². The number of hydrogen-bond donors (Lipinski definition) is 3. The van der Waals surface area contributed by atoms with E-state index in [1.807, 2.05) is 13.8 Å². The van der Waals surface area contributed by atoms with Gasteiger partial charge in [0.05, 0.1) is 42.7 Å². The number of furan rings is 1. The fourth-order valence-corrected chi connectivity index (χ4v) is 11.6. The zero-order chi connectivity index (χ0) is 34.9. The third-order valence-corrected chi connectivity index (χ3v) is 13.9. The lowest BCUT2D eigenvalue weighted by Crippen LogP contribution is -2.84. The summed E-state index contributed by atoms with van der Waals surface area (Å²) in [6.07, 6.45) is -5.09. The molecule has 0 amide bonds. The molecule has 0 aromatic carbocycles. The molecule has 16 atom stereocenters. The van der Waals surface area contributed by atoms with Gasteiger partial charge in [-0.1, -0.05) is 27.7 Å². The molecule has 7 rings (SSSR count). The monoisotopic (exact) mass is 674 g/mol. The van der Waals surface area contributed by atoms with Crippen LogP contribution in [0, 0.1) is 39.4 Å². The van der Waals surface area contributed by atoms with Crippen molar-refractivity contribution in [2.45, 2.75) is 122 Å². The number of aliphatic hydroxyl groups is 3. The first kappa shape index (κ1) is 33.6. The Labute approximate surface area is 278 Å². The fraction of sp³-hybridized carbons (Fsp3) is 0.771. The molecular weight excluding hydrogens is 628 g/mol. The average Bonchev–Trinajstić information content (AvgIpc) is 3.39. The van der Waals surface area contributed by atoms with Crippen molar-refractivity contribution < 1.29 is 62.6 Å².